The van der Waals surface area contributed by atoms with Crippen molar-refractivity contribution in [2.24, 2.45) is 4.99 Å². The summed E-state index contributed by atoms with van der Waals surface area (Å²) in [6.07, 6.45) is 2.26. The first-order chi connectivity index (χ1) is 28.1. The average Bonchev–Trinajstić information content (AvgIpc) is 3.94. The first-order valence-corrected chi connectivity index (χ1v) is 20.2. The van der Waals surface area contributed by atoms with Crippen LogP contribution in [-0.4, -0.2) is 5.71 Å². The van der Waals surface area contributed by atoms with E-state index in [-0.39, 0.29) is 6.04 Å². The molecular weight excluding hydrogens is 717 g/mol. The maximum Gasteiger partial charge on any atom is 0.244 e. The highest BCUT2D eigenvalue weighted by atomic mass is 32.1. The summed E-state index contributed by atoms with van der Waals surface area (Å²) in [5, 5.41) is 14.5. The summed E-state index contributed by atoms with van der Waals surface area (Å²) in [5.41, 5.74) is 11.2. The van der Waals surface area contributed by atoms with Gasteiger partial charge in [0.1, 0.15) is 22.4 Å². The van der Waals surface area contributed by atoms with Crippen LogP contribution in [0.5, 0.6) is 0 Å². The molecule has 3 aromatic heterocycles. The van der Waals surface area contributed by atoms with Crippen molar-refractivity contribution in [3.8, 4) is 11.1 Å². The van der Waals surface area contributed by atoms with Crippen molar-refractivity contribution in [3.05, 3.63) is 174 Å². The fourth-order valence-electron chi connectivity index (χ4n) is 9.32. The van der Waals surface area contributed by atoms with Gasteiger partial charge >= 0.3 is 0 Å². The van der Waals surface area contributed by atoms with Crippen LogP contribution in [0.3, 0.4) is 0 Å². The third-order valence-electron chi connectivity index (χ3n) is 11.8. The Morgan fingerprint density at radius 3 is 2.21 bits per heavy atom. The zero-order chi connectivity index (χ0) is 37.8. The molecule has 270 valence electrons. The molecule has 12 rings (SSSR count). The van der Waals surface area contributed by atoms with E-state index in [1.165, 1.54) is 58.4 Å². The smallest absolute Gasteiger partial charge is 0.244 e. The van der Waals surface area contributed by atoms with Crippen LogP contribution in [0.4, 0.5) is 11.6 Å². The fourth-order valence-corrected chi connectivity index (χ4v) is 10.5. The Kier molecular flexibility index (Phi) is 6.96. The lowest BCUT2D eigenvalue weighted by molar-refractivity contribution is 0.624. The summed E-state index contributed by atoms with van der Waals surface area (Å²) in [4.78, 5) is 5.41. The first kappa shape index (κ1) is 32.3. The van der Waals surface area contributed by atoms with E-state index < -0.39 is 0 Å². The molecule has 1 aliphatic heterocycles. The van der Waals surface area contributed by atoms with E-state index in [0.717, 1.165) is 61.0 Å². The maximum absolute atomic E-state index is 7.10. The molecule has 0 fully saturated rings. The summed E-state index contributed by atoms with van der Waals surface area (Å²) >= 11 is 1.83. The van der Waals surface area contributed by atoms with Crippen molar-refractivity contribution < 1.29 is 8.83 Å². The number of thiophene rings is 1. The zero-order valence-electron chi connectivity index (χ0n) is 31.3. The van der Waals surface area contributed by atoms with Gasteiger partial charge in [0.2, 0.25) is 5.88 Å². The SMILES string of the molecule is C/C(=C/C1=Nc2oc3ccccc3c2NC1c1cccc2sc3ccccc3c12)c1c(-c2ccccc2C)c2ccccc2c2c1oc1ccc3ccccc3c12. The van der Waals surface area contributed by atoms with Crippen LogP contribution in [-0.2, 0) is 0 Å². The first-order valence-electron chi connectivity index (χ1n) is 19.4. The summed E-state index contributed by atoms with van der Waals surface area (Å²) in [6.45, 7) is 4.41. The number of rotatable bonds is 4. The Bertz CT molecular complexity index is 3540. The molecular formula is C52H34N2O2S. The number of benzene rings is 8. The van der Waals surface area contributed by atoms with Crippen molar-refractivity contribution in [2.45, 2.75) is 19.9 Å². The number of anilines is 1. The highest BCUT2D eigenvalue weighted by Gasteiger charge is 2.31. The second-order valence-corrected chi connectivity index (χ2v) is 16.2. The fraction of sp³-hybridized carbons (Fsp3) is 0.0577. The second-order valence-electron chi connectivity index (χ2n) is 15.1. The van der Waals surface area contributed by atoms with Crippen LogP contribution in [0.2, 0.25) is 0 Å². The highest BCUT2D eigenvalue weighted by molar-refractivity contribution is 7.25. The van der Waals surface area contributed by atoms with Gasteiger partial charge in [0.05, 0.1) is 11.8 Å². The largest absolute Gasteiger partial charge is 0.455 e. The monoisotopic (exact) mass is 750 g/mol. The Labute approximate surface area is 332 Å². The number of furan rings is 2. The number of nitrogens with one attached hydrogen (secondary N) is 1. The zero-order valence-corrected chi connectivity index (χ0v) is 32.1. The van der Waals surface area contributed by atoms with Gasteiger partial charge in [-0.25, -0.2) is 4.99 Å². The molecule has 0 radical (unpaired) electrons. The molecule has 5 heteroatoms. The third-order valence-corrected chi connectivity index (χ3v) is 13.0. The average molecular weight is 751 g/mol. The Morgan fingerprint density at radius 2 is 1.33 bits per heavy atom. The predicted molar refractivity (Wildman–Crippen MR) is 242 cm³/mol. The lowest BCUT2D eigenvalue weighted by atomic mass is 9.84. The van der Waals surface area contributed by atoms with Gasteiger partial charge in [-0.1, -0.05) is 121 Å². The topological polar surface area (TPSA) is 50.7 Å². The lowest BCUT2D eigenvalue weighted by Crippen LogP contribution is -2.22. The van der Waals surface area contributed by atoms with Crippen LogP contribution < -0.4 is 5.32 Å². The molecule has 0 saturated carbocycles. The van der Waals surface area contributed by atoms with E-state index >= 15 is 0 Å². The number of fused-ring (bicyclic) bond motifs is 13. The van der Waals surface area contributed by atoms with Gasteiger partial charge in [-0.2, -0.15) is 0 Å². The van der Waals surface area contributed by atoms with E-state index in [0.29, 0.717) is 5.88 Å². The quantitative estimate of drug-likeness (QED) is 0.195. The van der Waals surface area contributed by atoms with Gasteiger partial charge in [0, 0.05) is 47.5 Å². The molecule has 1 N–H and O–H groups in total. The maximum atomic E-state index is 7.10. The molecule has 11 aromatic rings. The molecule has 0 bridgehead atoms. The van der Waals surface area contributed by atoms with Crippen molar-refractivity contribution in [1.82, 2.24) is 0 Å². The molecule has 0 aliphatic carbocycles. The minimum atomic E-state index is -0.257. The van der Waals surface area contributed by atoms with Crippen molar-refractivity contribution >= 4 is 109 Å². The number of hydrogen-bond donors (Lipinski definition) is 1. The van der Waals surface area contributed by atoms with Gasteiger partial charge in [0.15, 0.2) is 0 Å². The Balaban J connectivity index is 1.19. The van der Waals surface area contributed by atoms with Gasteiger partial charge < -0.3 is 14.2 Å². The number of aliphatic imine (C=N–C) groups is 1. The molecule has 1 atom stereocenters. The normalized spacial score (nSPS) is 14.7. The summed E-state index contributed by atoms with van der Waals surface area (Å²) in [5.74, 6) is 0.590. The van der Waals surface area contributed by atoms with Crippen LogP contribution in [0.25, 0.3) is 91.3 Å². The third kappa shape index (κ3) is 4.76. The van der Waals surface area contributed by atoms with E-state index in [1.807, 2.05) is 23.5 Å². The highest BCUT2D eigenvalue weighted by Crippen LogP contribution is 2.50. The van der Waals surface area contributed by atoms with Crippen molar-refractivity contribution in [1.29, 1.82) is 0 Å². The molecule has 8 aromatic carbocycles. The van der Waals surface area contributed by atoms with Crippen molar-refractivity contribution in [2.75, 3.05) is 5.32 Å². The summed E-state index contributed by atoms with van der Waals surface area (Å²) in [6, 6.07) is 53.7. The van der Waals surface area contributed by atoms with E-state index in [4.69, 9.17) is 13.8 Å². The van der Waals surface area contributed by atoms with Crippen LogP contribution >= 0.6 is 11.3 Å². The molecule has 4 nitrogen and oxygen atoms in total. The van der Waals surface area contributed by atoms with Gasteiger partial charge in [-0.15, -0.1) is 11.3 Å². The number of para-hydroxylation sites is 1. The Morgan fingerprint density at radius 1 is 0.614 bits per heavy atom. The molecule has 57 heavy (non-hydrogen) atoms. The molecule has 0 spiro atoms. The van der Waals surface area contributed by atoms with Gasteiger partial charge in [0.25, 0.3) is 0 Å². The lowest BCUT2D eigenvalue weighted by Gasteiger charge is -2.26. The number of aryl methyl sites for hydroxylation is 1. The van der Waals surface area contributed by atoms with Crippen LogP contribution in [0.15, 0.2) is 172 Å². The number of hydrogen-bond acceptors (Lipinski definition) is 5. The van der Waals surface area contributed by atoms with E-state index in [1.54, 1.807) is 0 Å². The standard InChI is InChI=1S/C52H34N2O2S/c1-29-14-3-5-16-32(29)46-34-18-7-8-19-35(34)48-47-33-17-6-4-15-31(33)26-27-41(47)55-51(48)44(46)30(2)28-39-49(54-50-36-20-9-11-23-40(36)56-52(50)53-39)38-22-13-25-43-45(38)37-21-10-12-24-42(37)57-43/h3-28,49,54H,1-2H3/b30-28-. The number of allylic oxidation sites excluding steroid dienone is 1. The second kappa shape index (κ2) is 12.3. The van der Waals surface area contributed by atoms with E-state index in [2.05, 4.69) is 165 Å². The number of nitrogens with zero attached hydrogens (tertiary/aromatic N) is 1. The molecule has 0 saturated heterocycles. The molecule has 1 unspecified atom stereocenters. The van der Waals surface area contributed by atoms with Gasteiger partial charge in [-0.05, 0) is 94.1 Å². The molecule has 0 amide bonds. The van der Waals surface area contributed by atoms with Gasteiger partial charge in [-0.3, -0.25) is 0 Å². The molecule has 4 heterocycles. The summed E-state index contributed by atoms with van der Waals surface area (Å²) in [7, 11) is 0. The van der Waals surface area contributed by atoms with Crippen LogP contribution in [0.1, 0.15) is 29.7 Å². The van der Waals surface area contributed by atoms with Crippen molar-refractivity contribution in [3.63, 3.8) is 0 Å². The minimum absolute atomic E-state index is 0.257. The summed E-state index contributed by atoms with van der Waals surface area (Å²) < 4.78 is 16.1. The Hall–Kier alpha value is -6.95. The molecule has 1 aliphatic rings. The van der Waals surface area contributed by atoms with Crippen LogP contribution in [0, 0.1) is 6.92 Å². The predicted octanol–water partition coefficient (Wildman–Crippen LogP) is 15.3. The minimum Gasteiger partial charge on any atom is -0.455 e. The van der Waals surface area contributed by atoms with E-state index in [9.17, 15) is 0 Å².